The third-order valence-electron chi connectivity index (χ3n) is 9.62. The molecule has 1 spiro atoms. The van der Waals surface area contributed by atoms with Gasteiger partial charge in [-0.1, -0.05) is 51.1 Å². The Morgan fingerprint density at radius 2 is 1.97 bits per heavy atom. The molecule has 0 amide bonds. The second-order valence-corrected chi connectivity index (χ2v) is 12.0. The highest BCUT2D eigenvalue weighted by Crippen LogP contribution is 2.75. The molecule has 3 aliphatic rings. The topological polar surface area (TPSA) is 42.4 Å². The minimum absolute atomic E-state index is 0.147. The molecule has 1 aromatic heterocycles. The summed E-state index contributed by atoms with van der Waals surface area (Å²) in [4.78, 5) is 4.55. The number of aliphatic hydroxyl groups is 1. The number of ether oxygens (including phenoxy) is 1. The minimum Gasteiger partial charge on any atom is -0.497 e. The van der Waals surface area contributed by atoms with Gasteiger partial charge in [-0.25, -0.2) is 0 Å². The van der Waals surface area contributed by atoms with Gasteiger partial charge in [0.05, 0.1) is 25.6 Å². The average Bonchev–Trinajstić information content (AvgIpc) is 3.49. The number of hydrogen-bond acceptors (Lipinski definition) is 3. The zero-order valence-electron chi connectivity index (χ0n) is 21.4. The molecule has 4 heteroatoms. The van der Waals surface area contributed by atoms with E-state index >= 15 is 0 Å². The van der Waals surface area contributed by atoms with Gasteiger partial charge in [0.15, 0.2) is 0 Å². The molecule has 182 valence electrons. The van der Waals surface area contributed by atoms with E-state index in [1.165, 1.54) is 17.5 Å². The average molecular weight is 470 g/mol. The third-order valence-corrected chi connectivity index (χ3v) is 9.62. The Bertz CT molecular complexity index is 1290. The molecule has 5 unspecified atom stereocenters. The first-order valence-electron chi connectivity index (χ1n) is 12.9. The molecule has 3 heterocycles. The van der Waals surface area contributed by atoms with Crippen LogP contribution in [0.1, 0.15) is 56.4 Å². The number of aromatic nitrogens is 1. The van der Waals surface area contributed by atoms with Crippen LogP contribution in [0.4, 0.5) is 0 Å². The fourth-order valence-corrected chi connectivity index (χ4v) is 7.74. The lowest BCUT2D eigenvalue weighted by Crippen LogP contribution is -2.70. The Balaban J connectivity index is 1.39. The molecular formula is C31H37N2O2+. The van der Waals surface area contributed by atoms with Crippen LogP contribution < -0.4 is 4.74 Å². The van der Waals surface area contributed by atoms with Gasteiger partial charge in [0.2, 0.25) is 0 Å². The molecule has 3 fully saturated rings. The fraction of sp³-hybridized carbons (Fsp3) is 0.452. The van der Waals surface area contributed by atoms with E-state index in [2.05, 4.69) is 62.7 Å². The molecule has 4 nitrogen and oxygen atoms in total. The maximum atomic E-state index is 12.0. The lowest BCUT2D eigenvalue weighted by Gasteiger charge is -2.57. The number of piperidine rings is 1. The summed E-state index contributed by atoms with van der Waals surface area (Å²) in [7, 11) is 1.68. The van der Waals surface area contributed by atoms with E-state index in [0.717, 1.165) is 46.2 Å². The largest absolute Gasteiger partial charge is 0.497 e. The van der Waals surface area contributed by atoms with E-state index in [9.17, 15) is 5.11 Å². The standard InChI is InChI=1S/C31H37N2O2/c1-6-25-26-18-28(29(34)23-13-15-32-27-12-11-22(35-5)17-24(23)27)33(16-14-31(25,26)33)19-20-7-9-21(10-8-20)30(2,3)4/h6-13,15,17,25-26,28-29,34H,1,14,16,18-19H2,2-5H3/q+1/t25?,26?,28?,29-,31?,33?/m1/s1. The second kappa shape index (κ2) is 7.65. The maximum Gasteiger partial charge on any atom is 0.131 e. The molecule has 2 saturated heterocycles. The van der Waals surface area contributed by atoms with Crippen molar-refractivity contribution in [2.24, 2.45) is 11.8 Å². The highest BCUT2D eigenvalue weighted by Gasteiger charge is 2.86. The first-order chi connectivity index (χ1) is 16.7. The van der Waals surface area contributed by atoms with Crippen LogP contribution in [0, 0.1) is 11.8 Å². The molecule has 0 bridgehead atoms. The Hall–Kier alpha value is -2.69. The predicted octanol–water partition coefficient (Wildman–Crippen LogP) is 5.94. The maximum absolute atomic E-state index is 12.0. The van der Waals surface area contributed by atoms with Crippen LogP contribution in [-0.2, 0) is 12.0 Å². The van der Waals surface area contributed by atoms with Crippen molar-refractivity contribution in [2.45, 2.75) is 63.3 Å². The van der Waals surface area contributed by atoms with Gasteiger partial charge in [0.25, 0.3) is 0 Å². The van der Waals surface area contributed by atoms with Crippen molar-refractivity contribution in [3.05, 3.63) is 84.1 Å². The van der Waals surface area contributed by atoms with Crippen molar-refractivity contribution >= 4 is 10.9 Å². The van der Waals surface area contributed by atoms with Gasteiger partial charge < -0.3 is 14.3 Å². The summed E-state index contributed by atoms with van der Waals surface area (Å²) in [5.74, 6) is 2.00. The van der Waals surface area contributed by atoms with E-state index in [-0.39, 0.29) is 17.0 Å². The van der Waals surface area contributed by atoms with Crippen LogP contribution in [0.2, 0.25) is 0 Å². The molecule has 1 aliphatic carbocycles. The van der Waals surface area contributed by atoms with Crippen molar-refractivity contribution in [3.8, 4) is 5.75 Å². The molecule has 2 aliphatic heterocycles. The van der Waals surface area contributed by atoms with Gasteiger partial charge >= 0.3 is 0 Å². The van der Waals surface area contributed by atoms with Crippen molar-refractivity contribution in [1.29, 1.82) is 0 Å². The molecule has 3 aromatic rings. The lowest BCUT2D eigenvalue weighted by molar-refractivity contribution is -1.03. The van der Waals surface area contributed by atoms with Crippen LogP contribution in [0.3, 0.4) is 0 Å². The van der Waals surface area contributed by atoms with Crippen LogP contribution in [0.5, 0.6) is 5.75 Å². The highest BCUT2D eigenvalue weighted by atomic mass is 16.5. The Morgan fingerprint density at radius 1 is 1.20 bits per heavy atom. The number of aliphatic hydroxyl groups excluding tert-OH is 1. The molecular weight excluding hydrogens is 432 g/mol. The monoisotopic (exact) mass is 469 g/mol. The van der Waals surface area contributed by atoms with Crippen LogP contribution in [-0.4, -0.2) is 39.8 Å². The summed E-state index contributed by atoms with van der Waals surface area (Å²) < 4.78 is 6.48. The molecule has 6 atom stereocenters. The van der Waals surface area contributed by atoms with Crippen molar-refractivity contribution < 1.29 is 14.3 Å². The number of benzene rings is 2. The SMILES string of the molecule is C=CC1C2CC([C@H](O)c3ccnc4ccc(OC)cc34)[N+]3(Cc4ccc(C(C)(C)C)cc4)CCC123. The van der Waals surface area contributed by atoms with Gasteiger partial charge in [-0.3, -0.25) is 4.98 Å². The quantitative estimate of drug-likeness (QED) is 0.359. The Morgan fingerprint density at radius 3 is 2.60 bits per heavy atom. The minimum atomic E-state index is -0.545. The van der Waals surface area contributed by atoms with E-state index in [1.807, 2.05) is 30.5 Å². The number of nitrogens with zero attached hydrogens (tertiary/aromatic N) is 2. The van der Waals surface area contributed by atoms with Gasteiger partial charge in [-0.05, 0) is 40.8 Å². The number of rotatable bonds is 6. The third kappa shape index (κ3) is 3.09. The first-order valence-corrected chi connectivity index (χ1v) is 12.9. The summed E-state index contributed by atoms with van der Waals surface area (Å²) in [6.07, 6.45) is 5.76. The van der Waals surface area contributed by atoms with Crippen LogP contribution >= 0.6 is 0 Å². The number of hydrogen-bond donors (Lipinski definition) is 1. The predicted molar refractivity (Wildman–Crippen MR) is 140 cm³/mol. The Kier molecular flexibility index (Phi) is 4.97. The number of fused-ring (bicyclic) bond motifs is 1. The van der Waals surface area contributed by atoms with Crippen LogP contribution in [0.15, 0.2) is 67.4 Å². The summed E-state index contributed by atoms with van der Waals surface area (Å²) in [5.41, 5.74) is 5.01. The lowest BCUT2D eigenvalue weighted by atomic mass is 9.84. The first kappa shape index (κ1) is 22.8. The van der Waals surface area contributed by atoms with Gasteiger partial charge in [-0.15, -0.1) is 6.58 Å². The summed E-state index contributed by atoms with van der Waals surface area (Å²) in [5, 5.41) is 13.0. The Labute approximate surface area is 208 Å². The van der Waals surface area contributed by atoms with Gasteiger partial charge in [0, 0.05) is 35.4 Å². The molecule has 1 N–H and O–H groups in total. The summed E-state index contributed by atoms with van der Waals surface area (Å²) >= 11 is 0. The highest BCUT2D eigenvalue weighted by molar-refractivity contribution is 5.84. The van der Waals surface area contributed by atoms with Gasteiger partial charge in [0.1, 0.15) is 30.0 Å². The number of pyridine rings is 1. The van der Waals surface area contributed by atoms with Crippen molar-refractivity contribution in [1.82, 2.24) is 4.98 Å². The number of methoxy groups -OCH3 is 1. The fourth-order valence-electron chi connectivity index (χ4n) is 7.74. The zero-order chi connectivity index (χ0) is 24.6. The van der Waals surface area contributed by atoms with Gasteiger partial charge in [-0.2, -0.15) is 0 Å². The number of quaternary nitrogens is 1. The summed E-state index contributed by atoms with van der Waals surface area (Å²) in [6.45, 7) is 13.1. The second-order valence-electron chi connectivity index (χ2n) is 12.0. The molecule has 2 aromatic carbocycles. The molecule has 35 heavy (non-hydrogen) atoms. The van der Waals surface area contributed by atoms with E-state index < -0.39 is 6.10 Å². The molecule has 6 rings (SSSR count). The normalized spacial score (nSPS) is 31.9. The van der Waals surface area contributed by atoms with Crippen molar-refractivity contribution in [2.75, 3.05) is 13.7 Å². The van der Waals surface area contributed by atoms with E-state index in [0.29, 0.717) is 11.8 Å². The molecule has 1 saturated carbocycles. The van der Waals surface area contributed by atoms with E-state index in [1.54, 1.807) is 7.11 Å². The zero-order valence-corrected chi connectivity index (χ0v) is 21.4. The van der Waals surface area contributed by atoms with Crippen LogP contribution in [0.25, 0.3) is 10.9 Å². The smallest absolute Gasteiger partial charge is 0.131 e. The molecule has 0 radical (unpaired) electrons. The van der Waals surface area contributed by atoms with E-state index in [4.69, 9.17) is 4.74 Å². The van der Waals surface area contributed by atoms with Crippen molar-refractivity contribution in [3.63, 3.8) is 0 Å². The summed E-state index contributed by atoms with van der Waals surface area (Å²) in [6, 6.07) is 17.3.